The molecule has 96 valence electrons. The zero-order valence-electron chi connectivity index (χ0n) is 10.2. The third-order valence-corrected chi connectivity index (χ3v) is 4.03. The molecular formula is C16H8ClNO2. The SMILES string of the molecule is O=C1c2ccccc2-c2c(Cl)c(=O)[nH]c3cccc1c23. The number of rotatable bonds is 0. The lowest BCUT2D eigenvalue weighted by molar-refractivity contribution is 0.104. The van der Waals surface area contributed by atoms with Gasteiger partial charge in [0.05, 0.1) is 0 Å². The second kappa shape index (κ2) is 3.81. The Morgan fingerprint density at radius 3 is 2.35 bits per heavy atom. The van der Waals surface area contributed by atoms with Gasteiger partial charge < -0.3 is 4.98 Å². The first-order chi connectivity index (χ1) is 9.68. The number of benzene rings is 2. The van der Waals surface area contributed by atoms with Crippen molar-refractivity contribution in [3.8, 4) is 11.1 Å². The van der Waals surface area contributed by atoms with Gasteiger partial charge in [0.2, 0.25) is 0 Å². The Labute approximate surface area is 118 Å². The number of carbonyl (C=O) groups excluding carboxylic acids is 1. The van der Waals surface area contributed by atoms with Gasteiger partial charge in [0.15, 0.2) is 5.78 Å². The highest BCUT2D eigenvalue weighted by molar-refractivity contribution is 6.37. The number of carbonyl (C=O) groups is 1. The molecule has 3 aromatic rings. The lowest BCUT2D eigenvalue weighted by Gasteiger charge is -2.20. The van der Waals surface area contributed by atoms with Gasteiger partial charge in [-0.1, -0.05) is 48.0 Å². The number of aromatic nitrogens is 1. The van der Waals surface area contributed by atoms with Crippen molar-refractivity contribution < 1.29 is 4.79 Å². The second-order valence-electron chi connectivity index (χ2n) is 4.75. The molecule has 1 aromatic heterocycles. The van der Waals surface area contributed by atoms with Crippen molar-refractivity contribution in [3.05, 3.63) is 69.0 Å². The average Bonchev–Trinajstić information content (AvgIpc) is 2.47. The molecule has 1 aliphatic rings. The van der Waals surface area contributed by atoms with Gasteiger partial charge in [-0.05, 0) is 11.6 Å². The predicted molar refractivity (Wildman–Crippen MR) is 78.4 cm³/mol. The van der Waals surface area contributed by atoms with Crippen molar-refractivity contribution in [3.63, 3.8) is 0 Å². The molecule has 0 unspecified atom stereocenters. The first-order valence-corrected chi connectivity index (χ1v) is 6.55. The van der Waals surface area contributed by atoms with E-state index in [4.69, 9.17) is 11.6 Å². The zero-order valence-corrected chi connectivity index (χ0v) is 11.0. The van der Waals surface area contributed by atoms with Gasteiger partial charge in [-0.15, -0.1) is 0 Å². The number of aromatic amines is 1. The molecule has 3 nitrogen and oxygen atoms in total. The summed E-state index contributed by atoms with van der Waals surface area (Å²) in [4.78, 5) is 27.2. The molecule has 20 heavy (non-hydrogen) atoms. The van der Waals surface area contributed by atoms with Crippen LogP contribution >= 0.6 is 11.6 Å². The van der Waals surface area contributed by atoms with Crippen molar-refractivity contribution in [2.45, 2.75) is 0 Å². The largest absolute Gasteiger partial charge is 0.321 e. The maximum Gasteiger partial charge on any atom is 0.267 e. The third-order valence-electron chi connectivity index (χ3n) is 3.67. The molecule has 0 fully saturated rings. The highest BCUT2D eigenvalue weighted by Crippen LogP contribution is 2.40. The standard InChI is InChI=1S/C16H8ClNO2/c17-14-13-8-4-1-2-5-9(8)15(19)10-6-3-7-11(12(10)13)18-16(14)20/h1-7H,(H,18,20). The summed E-state index contributed by atoms with van der Waals surface area (Å²) in [5, 5.41) is 0.853. The van der Waals surface area contributed by atoms with Crippen LogP contribution in [0, 0.1) is 0 Å². The number of ketones is 1. The number of H-pyrrole nitrogens is 1. The Kier molecular flexibility index (Phi) is 2.18. The molecule has 0 radical (unpaired) electrons. The fourth-order valence-electron chi connectivity index (χ4n) is 2.81. The quantitative estimate of drug-likeness (QED) is 0.537. The Bertz CT molecular complexity index is 956. The number of hydrogen-bond donors (Lipinski definition) is 1. The summed E-state index contributed by atoms with van der Waals surface area (Å²) in [5.41, 5.74) is 2.83. The number of pyridine rings is 1. The maximum atomic E-state index is 12.6. The summed E-state index contributed by atoms with van der Waals surface area (Å²) in [5.74, 6) is -0.0400. The van der Waals surface area contributed by atoms with Gasteiger partial charge in [-0.3, -0.25) is 9.59 Å². The predicted octanol–water partition coefficient (Wildman–Crippen LogP) is 3.39. The molecule has 0 aliphatic heterocycles. The Morgan fingerprint density at radius 1 is 0.850 bits per heavy atom. The van der Waals surface area contributed by atoms with Crippen molar-refractivity contribution in [2.75, 3.05) is 0 Å². The summed E-state index contributed by atoms with van der Waals surface area (Å²) >= 11 is 6.20. The molecule has 2 aromatic carbocycles. The van der Waals surface area contributed by atoms with Crippen LogP contribution in [0.5, 0.6) is 0 Å². The van der Waals surface area contributed by atoms with Crippen LogP contribution in [0.4, 0.5) is 0 Å². The maximum absolute atomic E-state index is 12.6. The Morgan fingerprint density at radius 2 is 1.55 bits per heavy atom. The molecule has 0 spiro atoms. The van der Waals surface area contributed by atoms with E-state index in [1.807, 2.05) is 18.2 Å². The number of nitrogens with one attached hydrogen (secondary N) is 1. The molecule has 1 heterocycles. The summed E-state index contributed by atoms with van der Waals surface area (Å²) in [6, 6.07) is 12.5. The van der Waals surface area contributed by atoms with Crippen LogP contribution in [0.3, 0.4) is 0 Å². The van der Waals surface area contributed by atoms with Crippen LogP contribution in [0.15, 0.2) is 47.3 Å². The molecule has 0 bridgehead atoms. The summed E-state index contributed by atoms with van der Waals surface area (Å²) in [6.07, 6.45) is 0. The highest BCUT2D eigenvalue weighted by atomic mass is 35.5. The molecule has 4 rings (SSSR count). The normalized spacial score (nSPS) is 12.6. The van der Waals surface area contributed by atoms with E-state index >= 15 is 0 Å². The summed E-state index contributed by atoms with van der Waals surface area (Å²) in [6.45, 7) is 0. The summed E-state index contributed by atoms with van der Waals surface area (Å²) < 4.78 is 0. The minimum atomic E-state index is -0.338. The van der Waals surface area contributed by atoms with Gasteiger partial charge in [-0.2, -0.15) is 0 Å². The first-order valence-electron chi connectivity index (χ1n) is 6.17. The van der Waals surface area contributed by atoms with Gasteiger partial charge in [0.25, 0.3) is 5.56 Å². The van der Waals surface area contributed by atoms with Crippen molar-refractivity contribution >= 4 is 28.3 Å². The van der Waals surface area contributed by atoms with E-state index in [0.29, 0.717) is 22.2 Å². The van der Waals surface area contributed by atoms with Crippen LogP contribution in [0.25, 0.3) is 22.0 Å². The van der Waals surface area contributed by atoms with E-state index in [-0.39, 0.29) is 16.4 Å². The fourth-order valence-corrected chi connectivity index (χ4v) is 3.06. The van der Waals surface area contributed by atoms with Crippen molar-refractivity contribution in [2.24, 2.45) is 0 Å². The molecular weight excluding hydrogens is 274 g/mol. The minimum Gasteiger partial charge on any atom is -0.321 e. The number of halogens is 1. The van der Waals surface area contributed by atoms with E-state index in [2.05, 4.69) is 4.98 Å². The van der Waals surface area contributed by atoms with E-state index in [1.165, 1.54) is 0 Å². The third kappa shape index (κ3) is 1.30. The average molecular weight is 282 g/mol. The number of hydrogen-bond acceptors (Lipinski definition) is 2. The first kappa shape index (κ1) is 11.4. The fraction of sp³-hybridized carbons (Fsp3) is 0. The highest BCUT2D eigenvalue weighted by Gasteiger charge is 2.27. The van der Waals surface area contributed by atoms with Crippen LogP contribution in [-0.2, 0) is 0 Å². The smallest absolute Gasteiger partial charge is 0.267 e. The molecule has 1 aliphatic carbocycles. The molecule has 0 atom stereocenters. The van der Waals surface area contributed by atoms with Crippen molar-refractivity contribution in [1.29, 1.82) is 0 Å². The molecule has 1 N–H and O–H groups in total. The minimum absolute atomic E-state index is 0.0400. The van der Waals surface area contributed by atoms with Crippen LogP contribution in [-0.4, -0.2) is 10.8 Å². The molecule has 4 heteroatoms. The van der Waals surface area contributed by atoms with Crippen LogP contribution < -0.4 is 5.56 Å². The van der Waals surface area contributed by atoms with E-state index in [0.717, 1.165) is 10.9 Å². The monoisotopic (exact) mass is 281 g/mol. The number of fused-ring (bicyclic) bond motifs is 2. The molecule has 0 amide bonds. The van der Waals surface area contributed by atoms with Gasteiger partial charge in [-0.25, -0.2) is 0 Å². The second-order valence-corrected chi connectivity index (χ2v) is 5.12. The van der Waals surface area contributed by atoms with E-state index in [1.54, 1.807) is 24.3 Å². The van der Waals surface area contributed by atoms with Crippen LogP contribution in [0.2, 0.25) is 5.02 Å². The summed E-state index contributed by atoms with van der Waals surface area (Å²) in [7, 11) is 0. The molecule has 0 saturated carbocycles. The zero-order chi connectivity index (χ0) is 13.9. The lowest BCUT2D eigenvalue weighted by atomic mass is 9.84. The van der Waals surface area contributed by atoms with Gasteiger partial charge >= 0.3 is 0 Å². The Hall–Kier alpha value is -2.39. The lowest BCUT2D eigenvalue weighted by Crippen LogP contribution is -2.15. The molecule has 0 saturated heterocycles. The van der Waals surface area contributed by atoms with E-state index in [9.17, 15) is 9.59 Å². The topological polar surface area (TPSA) is 49.9 Å². The van der Waals surface area contributed by atoms with Gasteiger partial charge in [0, 0.05) is 27.6 Å². The van der Waals surface area contributed by atoms with E-state index < -0.39 is 0 Å². The van der Waals surface area contributed by atoms with Crippen molar-refractivity contribution in [1.82, 2.24) is 4.98 Å². The van der Waals surface area contributed by atoms with Gasteiger partial charge in [0.1, 0.15) is 5.02 Å². The van der Waals surface area contributed by atoms with Crippen LogP contribution in [0.1, 0.15) is 15.9 Å². The Balaban J connectivity index is 2.35.